The summed E-state index contributed by atoms with van der Waals surface area (Å²) in [6.07, 6.45) is 25.8. The highest BCUT2D eigenvalue weighted by Gasteiger charge is 2.44. The molecule has 0 aromatic rings. The molecular weight excluding hydrogens is 368 g/mol. The van der Waals surface area contributed by atoms with Crippen molar-refractivity contribution in [2.75, 3.05) is 0 Å². The fourth-order valence-electron chi connectivity index (χ4n) is 6.84. The lowest BCUT2D eigenvalue weighted by molar-refractivity contribution is -0.167. The average molecular weight is 419 g/mol. The quantitative estimate of drug-likeness (QED) is 0.262. The van der Waals surface area contributed by atoms with Crippen molar-refractivity contribution in [3.63, 3.8) is 0 Å². The number of carbonyl (C=O) groups is 1. The van der Waals surface area contributed by atoms with Gasteiger partial charge in [-0.25, -0.2) is 0 Å². The van der Waals surface area contributed by atoms with Gasteiger partial charge in [-0.15, -0.1) is 0 Å². The Morgan fingerprint density at radius 1 is 0.767 bits per heavy atom. The molecule has 3 aliphatic carbocycles. The number of hydrogen-bond acceptors (Lipinski definition) is 2. The van der Waals surface area contributed by atoms with Gasteiger partial charge in [0.1, 0.15) is 6.10 Å². The molecule has 174 valence electrons. The van der Waals surface area contributed by atoms with Crippen molar-refractivity contribution >= 4 is 5.97 Å². The molecule has 3 rings (SSSR count). The van der Waals surface area contributed by atoms with Gasteiger partial charge in [0.15, 0.2) is 0 Å². The number of carbonyl (C=O) groups excluding carboxylic acids is 1. The summed E-state index contributed by atoms with van der Waals surface area (Å²) in [6, 6.07) is 0. The van der Waals surface area contributed by atoms with Crippen molar-refractivity contribution in [1.82, 2.24) is 0 Å². The maximum atomic E-state index is 13.4. The third-order valence-electron chi connectivity index (χ3n) is 9.03. The summed E-state index contributed by atoms with van der Waals surface area (Å²) in [5, 5.41) is 0. The average Bonchev–Trinajstić information content (AvgIpc) is 2.80. The largest absolute Gasteiger partial charge is 0.462 e. The molecule has 2 nitrogen and oxygen atoms in total. The highest BCUT2D eigenvalue weighted by molar-refractivity contribution is 5.77. The predicted molar refractivity (Wildman–Crippen MR) is 126 cm³/mol. The van der Waals surface area contributed by atoms with E-state index in [0.29, 0.717) is 0 Å². The van der Waals surface area contributed by atoms with Gasteiger partial charge in [0.05, 0.1) is 5.41 Å². The van der Waals surface area contributed by atoms with Gasteiger partial charge in [0, 0.05) is 0 Å². The molecule has 0 radical (unpaired) electrons. The summed E-state index contributed by atoms with van der Waals surface area (Å²) in [7, 11) is 0. The van der Waals surface area contributed by atoms with Crippen LogP contribution in [0.4, 0.5) is 0 Å². The van der Waals surface area contributed by atoms with Crippen molar-refractivity contribution in [3.05, 3.63) is 0 Å². The molecule has 30 heavy (non-hydrogen) atoms. The molecule has 0 bridgehead atoms. The van der Waals surface area contributed by atoms with Crippen LogP contribution in [-0.4, -0.2) is 12.1 Å². The molecule has 0 amide bonds. The molecular formula is C28H50O2. The highest BCUT2D eigenvalue weighted by atomic mass is 16.5. The van der Waals surface area contributed by atoms with Gasteiger partial charge >= 0.3 is 5.97 Å². The van der Waals surface area contributed by atoms with E-state index in [0.717, 1.165) is 49.9 Å². The van der Waals surface area contributed by atoms with E-state index in [9.17, 15) is 4.79 Å². The molecule has 0 spiro atoms. The third kappa shape index (κ3) is 6.73. The Morgan fingerprint density at radius 3 is 2.03 bits per heavy atom. The molecule has 0 aliphatic heterocycles. The Hall–Kier alpha value is -0.530. The molecule has 0 aromatic carbocycles. The van der Waals surface area contributed by atoms with E-state index in [4.69, 9.17) is 4.74 Å². The second kappa shape index (κ2) is 12.5. The molecule has 0 N–H and O–H groups in total. The summed E-state index contributed by atoms with van der Waals surface area (Å²) in [5.74, 6) is 2.90. The summed E-state index contributed by atoms with van der Waals surface area (Å²) < 4.78 is 6.25. The van der Waals surface area contributed by atoms with Gasteiger partial charge < -0.3 is 4.74 Å². The topological polar surface area (TPSA) is 26.3 Å². The predicted octanol–water partition coefficient (Wildman–Crippen LogP) is 8.62. The van der Waals surface area contributed by atoms with Gasteiger partial charge in [-0.3, -0.25) is 4.79 Å². The Bertz CT molecular complexity index is 477. The Labute approximate surface area is 187 Å². The maximum Gasteiger partial charge on any atom is 0.312 e. The van der Waals surface area contributed by atoms with Crippen LogP contribution in [0.25, 0.3) is 0 Å². The molecule has 0 saturated heterocycles. The lowest BCUT2D eigenvalue weighted by Crippen LogP contribution is -2.40. The number of ether oxygens (including phenoxy) is 1. The Kier molecular flexibility index (Phi) is 10.0. The van der Waals surface area contributed by atoms with Crippen LogP contribution < -0.4 is 0 Å². The van der Waals surface area contributed by atoms with Crippen molar-refractivity contribution < 1.29 is 9.53 Å². The minimum absolute atomic E-state index is 0.154. The van der Waals surface area contributed by atoms with Crippen molar-refractivity contribution in [3.8, 4) is 0 Å². The third-order valence-corrected chi connectivity index (χ3v) is 9.03. The van der Waals surface area contributed by atoms with Crippen LogP contribution in [0.2, 0.25) is 0 Å². The van der Waals surface area contributed by atoms with Crippen LogP contribution in [-0.2, 0) is 9.53 Å². The normalized spacial score (nSPS) is 33.3. The van der Waals surface area contributed by atoms with Crippen LogP contribution in [0.3, 0.4) is 0 Å². The van der Waals surface area contributed by atoms with Gasteiger partial charge in [-0.05, 0) is 75.5 Å². The van der Waals surface area contributed by atoms with E-state index >= 15 is 0 Å². The van der Waals surface area contributed by atoms with Crippen LogP contribution in [0, 0.1) is 23.2 Å². The fraction of sp³-hybridized carbons (Fsp3) is 0.964. The van der Waals surface area contributed by atoms with E-state index in [-0.39, 0.29) is 17.5 Å². The molecule has 2 heteroatoms. The number of esters is 1. The maximum absolute atomic E-state index is 13.4. The molecule has 0 unspecified atom stereocenters. The van der Waals surface area contributed by atoms with E-state index in [1.54, 1.807) is 0 Å². The highest BCUT2D eigenvalue weighted by Crippen LogP contribution is 2.48. The van der Waals surface area contributed by atoms with Crippen molar-refractivity contribution in [1.29, 1.82) is 0 Å². The zero-order valence-electron chi connectivity index (χ0n) is 20.3. The van der Waals surface area contributed by atoms with Crippen molar-refractivity contribution in [2.45, 2.75) is 148 Å². The molecule has 3 saturated carbocycles. The van der Waals surface area contributed by atoms with Gasteiger partial charge in [-0.2, -0.15) is 0 Å². The zero-order valence-corrected chi connectivity index (χ0v) is 20.3. The molecule has 0 heterocycles. The molecule has 0 aromatic heterocycles. The second-order valence-electron chi connectivity index (χ2n) is 11.2. The second-order valence-corrected chi connectivity index (χ2v) is 11.2. The lowest BCUT2D eigenvalue weighted by atomic mass is 9.63. The van der Waals surface area contributed by atoms with E-state index < -0.39 is 0 Å². The van der Waals surface area contributed by atoms with Crippen LogP contribution in [0.15, 0.2) is 0 Å². The minimum Gasteiger partial charge on any atom is -0.462 e. The van der Waals surface area contributed by atoms with Crippen LogP contribution >= 0.6 is 0 Å². The number of rotatable bonds is 10. The first-order valence-electron chi connectivity index (χ1n) is 13.9. The van der Waals surface area contributed by atoms with Crippen molar-refractivity contribution in [2.24, 2.45) is 23.2 Å². The smallest absolute Gasteiger partial charge is 0.312 e. The summed E-state index contributed by atoms with van der Waals surface area (Å²) in [5.41, 5.74) is -0.154. The molecule has 3 aliphatic rings. The van der Waals surface area contributed by atoms with Gasteiger partial charge in [-0.1, -0.05) is 84.5 Å². The first-order chi connectivity index (χ1) is 14.7. The standard InChI is InChI=1S/C28H50O2/c1-3-5-8-11-23-14-16-26(17-15-23)30-27(29)28(20-6-4-2)21-18-25(19-22-28)24-12-9-7-10-13-24/h23-26H,3-22H2,1-2H3. The Balaban J connectivity index is 1.48. The number of unbranched alkanes of at least 4 members (excludes halogenated alkanes) is 3. The summed E-state index contributed by atoms with van der Waals surface area (Å²) in [6.45, 7) is 4.54. The molecule has 0 atom stereocenters. The van der Waals surface area contributed by atoms with E-state index in [2.05, 4.69) is 13.8 Å². The SMILES string of the molecule is CCCCCC1CCC(OC(=O)C2(CCCC)CCC(C3CCCCC3)CC2)CC1. The monoisotopic (exact) mass is 418 g/mol. The van der Waals surface area contributed by atoms with E-state index in [1.165, 1.54) is 96.3 Å². The first-order valence-corrected chi connectivity index (χ1v) is 13.9. The van der Waals surface area contributed by atoms with E-state index in [1.807, 2.05) is 0 Å². The van der Waals surface area contributed by atoms with Crippen LogP contribution in [0.5, 0.6) is 0 Å². The summed E-state index contributed by atoms with van der Waals surface area (Å²) >= 11 is 0. The molecule has 3 fully saturated rings. The van der Waals surface area contributed by atoms with Crippen LogP contribution in [0.1, 0.15) is 142 Å². The summed E-state index contributed by atoms with van der Waals surface area (Å²) in [4.78, 5) is 13.4. The minimum atomic E-state index is -0.154. The Morgan fingerprint density at radius 2 is 1.40 bits per heavy atom. The first kappa shape index (κ1) is 24.1. The van der Waals surface area contributed by atoms with Gasteiger partial charge in [0.25, 0.3) is 0 Å². The lowest BCUT2D eigenvalue weighted by Gasteiger charge is -2.42. The number of hydrogen-bond donors (Lipinski definition) is 0. The fourth-order valence-corrected chi connectivity index (χ4v) is 6.84. The zero-order chi connectivity index (χ0) is 21.2. The van der Waals surface area contributed by atoms with Gasteiger partial charge in [0.2, 0.25) is 0 Å².